The first-order valence-electron chi connectivity index (χ1n) is 9.95. The molecular weight excluding hydrogens is 352 g/mol. The number of aromatic nitrogens is 1. The van der Waals surface area contributed by atoms with E-state index in [-0.39, 0.29) is 5.91 Å². The van der Waals surface area contributed by atoms with E-state index in [0.717, 1.165) is 40.6 Å². The number of fused-ring (bicyclic) bond motifs is 1. The van der Waals surface area contributed by atoms with Crippen LogP contribution in [0.3, 0.4) is 0 Å². The Morgan fingerprint density at radius 2 is 1.86 bits per heavy atom. The zero-order valence-corrected chi connectivity index (χ0v) is 16.9. The van der Waals surface area contributed by atoms with Gasteiger partial charge in [-0.3, -0.25) is 4.79 Å². The molecule has 1 heterocycles. The molecule has 3 aromatic rings. The van der Waals surface area contributed by atoms with Gasteiger partial charge in [-0.05, 0) is 43.2 Å². The molecule has 5 nitrogen and oxygen atoms in total. The van der Waals surface area contributed by atoms with E-state index < -0.39 is 0 Å². The second kappa shape index (κ2) is 9.40. The second-order valence-corrected chi connectivity index (χ2v) is 7.10. The number of rotatable bonds is 9. The third-order valence-corrected chi connectivity index (χ3v) is 4.96. The van der Waals surface area contributed by atoms with Gasteiger partial charge in [0.05, 0.1) is 16.8 Å². The van der Waals surface area contributed by atoms with Gasteiger partial charge in [-0.15, -0.1) is 0 Å². The van der Waals surface area contributed by atoms with Crippen LogP contribution in [0.25, 0.3) is 10.8 Å². The standard InChI is InChI=1S/C23H28N2O3/c1-4-5-6-9-12-24-23(26)20-13-18-10-7-8-11-19(18)14-22(20)27-15-21-16(2)25-28-17(21)3/h7-8,10-11,13-14H,4-6,9,12,15H2,1-3H3,(H,24,26). The molecule has 0 aliphatic heterocycles. The molecule has 1 aromatic heterocycles. The Labute approximate surface area is 166 Å². The fourth-order valence-electron chi connectivity index (χ4n) is 3.22. The zero-order valence-electron chi connectivity index (χ0n) is 16.9. The zero-order chi connectivity index (χ0) is 19.9. The minimum atomic E-state index is -0.101. The lowest BCUT2D eigenvalue weighted by Gasteiger charge is -2.13. The fourth-order valence-corrected chi connectivity index (χ4v) is 3.22. The summed E-state index contributed by atoms with van der Waals surface area (Å²) >= 11 is 0. The highest BCUT2D eigenvalue weighted by Gasteiger charge is 2.16. The Kier molecular flexibility index (Phi) is 6.69. The minimum absolute atomic E-state index is 0.101. The molecule has 0 radical (unpaired) electrons. The highest BCUT2D eigenvalue weighted by atomic mass is 16.5. The van der Waals surface area contributed by atoms with Crippen LogP contribution in [0.15, 0.2) is 40.9 Å². The predicted octanol–water partition coefficient (Wildman–Crippen LogP) is 5.33. The highest BCUT2D eigenvalue weighted by Crippen LogP contribution is 2.27. The lowest BCUT2D eigenvalue weighted by Crippen LogP contribution is -2.25. The van der Waals surface area contributed by atoms with Gasteiger partial charge in [0.2, 0.25) is 0 Å². The van der Waals surface area contributed by atoms with Crippen molar-refractivity contribution in [3.05, 3.63) is 59.0 Å². The van der Waals surface area contributed by atoms with Crippen LogP contribution in [0, 0.1) is 13.8 Å². The monoisotopic (exact) mass is 380 g/mol. The van der Waals surface area contributed by atoms with Crippen molar-refractivity contribution in [1.82, 2.24) is 10.5 Å². The van der Waals surface area contributed by atoms with Crippen molar-refractivity contribution in [3.63, 3.8) is 0 Å². The Morgan fingerprint density at radius 3 is 2.54 bits per heavy atom. The molecular formula is C23H28N2O3. The summed E-state index contributed by atoms with van der Waals surface area (Å²) in [6, 6.07) is 11.8. The molecule has 0 fully saturated rings. The molecule has 0 saturated carbocycles. The van der Waals surface area contributed by atoms with E-state index in [1.807, 2.05) is 50.2 Å². The first-order valence-corrected chi connectivity index (χ1v) is 9.95. The largest absolute Gasteiger partial charge is 0.488 e. The maximum Gasteiger partial charge on any atom is 0.255 e. The molecule has 0 atom stereocenters. The third-order valence-electron chi connectivity index (χ3n) is 4.96. The summed E-state index contributed by atoms with van der Waals surface area (Å²) in [5, 5.41) is 9.05. The van der Waals surface area contributed by atoms with Gasteiger partial charge >= 0.3 is 0 Å². The van der Waals surface area contributed by atoms with Crippen molar-refractivity contribution in [3.8, 4) is 5.75 Å². The number of ether oxygens (including phenoxy) is 1. The van der Waals surface area contributed by atoms with Gasteiger partial charge in [-0.2, -0.15) is 0 Å². The van der Waals surface area contributed by atoms with Crippen LogP contribution >= 0.6 is 0 Å². The van der Waals surface area contributed by atoms with Gasteiger partial charge in [-0.1, -0.05) is 55.6 Å². The maximum atomic E-state index is 12.8. The van der Waals surface area contributed by atoms with Crippen LogP contribution in [0.1, 0.15) is 60.0 Å². The smallest absolute Gasteiger partial charge is 0.255 e. The predicted molar refractivity (Wildman–Crippen MR) is 111 cm³/mol. The molecule has 1 N–H and O–H groups in total. The summed E-state index contributed by atoms with van der Waals surface area (Å²) in [7, 11) is 0. The molecule has 5 heteroatoms. The number of benzene rings is 2. The molecule has 2 aromatic carbocycles. The number of carbonyl (C=O) groups excluding carboxylic acids is 1. The van der Waals surface area contributed by atoms with Crippen LogP contribution in [0.5, 0.6) is 5.75 Å². The molecule has 0 saturated heterocycles. The number of hydrogen-bond acceptors (Lipinski definition) is 4. The maximum absolute atomic E-state index is 12.8. The molecule has 0 aliphatic carbocycles. The van der Waals surface area contributed by atoms with E-state index in [9.17, 15) is 4.79 Å². The summed E-state index contributed by atoms with van der Waals surface area (Å²) in [5.41, 5.74) is 2.28. The van der Waals surface area contributed by atoms with Crippen molar-refractivity contribution >= 4 is 16.7 Å². The SMILES string of the molecule is CCCCCCNC(=O)c1cc2ccccc2cc1OCc1c(C)noc1C. The number of aryl methyl sites for hydroxylation is 2. The van der Waals surface area contributed by atoms with Crippen molar-refractivity contribution in [2.24, 2.45) is 0 Å². The lowest BCUT2D eigenvalue weighted by molar-refractivity contribution is 0.0948. The van der Waals surface area contributed by atoms with E-state index in [4.69, 9.17) is 9.26 Å². The average Bonchev–Trinajstić information content (AvgIpc) is 3.03. The average molecular weight is 380 g/mol. The quantitative estimate of drug-likeness (QED) is 0.509. The number of nitrogens with zero attached hydrogens (tertiary/aromatic N) is 1. The minimum Gasteiger partial charge on any atom is -0.488 e. The molecule has 148 valence electrons. The van der Waals surface area contributed by atoms with E-state index in [2.05, 4.69) is 17.4 Å². The topological polar surface area (TPSA) is 64.4 Å². The van der Waals surface area contributed by atoms with Crippen molar-refractivity contribution in [2.45, 2.75) is 53.1 Å². The van der Waals surface area contributed by atoms with Crippen LogP contribution in [0.4, 0.5) is 0 Å². The summed E-state index contributed by atoms with van der Waals surface area (Å²) in [4.78, 5) is 12.8. The van der Waals surface area contributed by atoms with Gasteiger partial charge in [0.15, 0.2) is 0 Å². The van der Waals surface area contributed by atoms with Crippen LogP contribution in [-0.2, 0) is 6.61 Å². The van der Waals surface area contributed by atoms with Gasteiger partial charge < -0.3 is 14.6 Å². The molecule has 28 heavy (non-hydrogen) atoms. The van der Waals surface area contributed by atoms with Crippen molar-refractivity contribution < 1.29 is 14.1 Å². The Morgan fingerprint density at radius 1 is 1.11 bits per heavy atom. The van der Waals surface area contributed by atoms with Gasteiger partial charge in [-0.25, -0.2) is 0 Å². The van der Waals surface area contributed by atoms with Gasteiger partial charge in [0.25, 0.3) is 5.91 Å². The van der Waals surface area contributed by atoms with Crippen LogP contribution < -0.4 is 10.1 Å². The molecule has 0 bridgehead atoms. The summed E-state index contributed by atoms with van der Waals surface area (Å²) in [6.07, 6.45) is 4.49. The van der Waals surface area contributed by atoms with E-state index in [1.165, 1.54) is 12.8 Å². The van der Waals surface area contributed by atoms with E-state index >= 15 is 0 Å². The molecule has 0 unspecified atom stereocenters. The fraction of sp³-hybridized carbons (Fsp3) is 0.391. The van der Waals surface area contributed by atoms with Crippen LogP contribution in [-0.4, -0.2) is 17.6 Å². The molecule has 0 spiro atoms. The first kappa shape index (κ1) is 19.9. The van der Waals surface area contributed by atoms with Gasteiger partial charge in [0.1, 0.15) is 18.1 Å². The number of nitrogens with one attached hydrogen (secondary N) is 1. The summed E-state index contributed by atoms with van der Waals surface area (Å²) in [6.45, 7) is 6.92. The Bertz CT molecular complexity index is 927. The number of carbonyl (C=O) groups is 1. The Hall–Kier alpha value is -2.82. The number of hydrogen-bond donors (Lipinski definition) is 1. The second-order valence-electron chi connectivity index (χ2n) is 7.10. The normalized spacial score (nSPS) is 11.0. The number of unbranched alkanes of at least 4 members (excludes halogenated alkanes) is 3. The van der Waals surface area contributed by atoms with Crippen molar-refractivity contribution in [1.29, 1.82) is 0 Å². The summed E-state index contributed by atoms with van der Waals surface area (Å²) < 4.78 is 11.3. The first-order chi connectivity index (χ1) is 13.6. The Balaban J connectivity index is 1.80. The lowest BCUT2D eigenvalue weighted by atomic mass is 10.0. The number of amides is 1. The highest BCUT2D eigenvalue weighted by molar-refractivity contribution is 6.01. The molecule has 0 aliphatic rings. The molecule has 1 amide bonds. The van der Waals surface area contributed by atoms with E-state index in [0.29, 0.717) is 24.5 Å². The third kappa shape index (κ3) is 4.71. The van der Waals surface area contributed by atoms with E-state index in [1.54, 1.807) is 0 Å². The summed E-state index contributed by atoms with van der Waals surface area (Å²) in [5.74, 6) is 1.21. The van der Waals surface area contributed by atoms with Crippen molar-refractivity contribution in [2.75, 3.05) is 6.54 Å². The van der Waals surface area contributed by atoms with Gasteiger partial charge in [0, 0.05) is 6.54 Å². The molecule has 3 rings (SSSR count). The van der Waals surface area contributed by atoms with Crippen LogP contribution in [0.2, 0.25) is 0 Å².